The summed E-state index contributed by atoms with van der Waals surface area (Å²) >= 11 is 0. The van der Waals surface area contributed by atoms with Gasteiger partial charge in [-0.15, -0.1) is 0 Å². The zero-order chi connectivity index (χ0) is 16.6. The van der Waals surface area contributed by atoms with E-state index in [0.717, 1.165) is 25.7 Å². The molecule has 3 nitrogen and oxygen atoms in total. The van der Waals surface area contributed by atoms with Crippen molar-refractivity contribution in [3.8, 4) is 0 Å². The average molecular weight is 318 g/mol. The van der Waals surface area contributed by atoms with Crippen LogP contribution in [0.5, 0.6) is 0 Å². The zero-order valence-corrected chi connectivity index (χ0v) is 14.5. The minimum absolute atomic E-state index is 0.0947. The molecule has 0 aromatic rings. The fraction of sp³-hybridized carbons (Fsp3) is 0.850. The van der Waals surface area contributed by atoms with Crippen LogP contribution in [0.1, 0.15) is 65.2 Å². The van der Waals surface area contributed by atoms with E-state index in [2.05, 4.69) is 13.5 Å². The summed E-state index contributed by atoms with van der Waals surface area (Å²) in [5.74, 6) is 0.564. The second-order valence-corrected chi connectivity index (χ2v) is 9.46. The van der Waals surface area contributed by atoms with E-state index in [9.17, 15) is 15.0 Å². The normalized spacial score (nSPS) is 55.2. The molecule has 4 saturated carbocycles. The molecule has 4 rings (SSSR count). The van der Waals surface area contributed by atoms with E-state index in [1.165, 1.54) is 18.4 Å². The van der Waals surface area contributed by atoms with Crippen molar-refractivity contribution in [3.63, 3.8) is 0 Å². The van der Waals surface area contributed by atoms with Crippen LogP contribution in [0.4, 0.5) is 0 Å². The largest absolute Gasteiger partial charge is 0.481 e. The van der Waals surface area contributed by atoms with Crippen LogP contribution in [0.15, 0.2) is 12.2 Å². The van der Waals surface area contributed by atoms with Crippen molar-refractivity contribution >= 4 is 5.97 Å². The van der Waals surface area contributed by atoms with Crippen molar-refractivity contribution in [1.29, 1.82) is 0 Å². The maximum absolute atomic E-state index is 12.1. The van der Waals surface area contributed by atoms with Gasteiger partial charge in [-0.25, -0.2) is 0 Å². The standard InChI is InChI=1S/C20H30O3/c1-12-10-20-9-6-14-18(2,17(22)23)8-7-16(21)19(14,3)15(20)5-4-13(12)11-20/h13-16,21H,1,4-11H2,2-3H3,(H,22,23). The summed E-state index contributed by atoms with van der Waals surface area (Å²) in [4.78, 5) is 12.1. The molecule has 2 bridgehead atoms. The van der Waals surface area contributed by atoms with Crippen LogP contribution in [-0.4, -0.2) is 22.3 Å². The maximum atomic E-state index is 12.1. The molecule has 4 aliphatic carbocycles. The lowest BCUT2D eigenvalue weighted by Crippen LogP contribution is -2.63. The minimum atomic E-state index is -0.679. The summed E-state index contributed by atoms with van der Waals surface area (Å²) in [5.41, 5.74) is 0.783. The molecule has 7 unspecified atom stereocenters. The molecule has 128 valence electrons. The van der Waals surface area contributed by atoms with E-state index in [-0.39, 0.29) is 17.4 Å². The summed E-state index contributed by atoms with van der Waals surface area (Å²) < 4.78 is 0. The molecule has 0 aliphatic heterocycles. The first-order valence-electron chi connectivity index (χ1n) is 9.33. The molecule has 23 heavy (non-hydrogen) atoms. The number of aliphatic hydroxyl groups excluding tert-OH is 1. The number of hydrogen-bond donors (Lipinski definition) is 2. The Morgan fingerprint density at radius 3 is 2.57 bits per heavy atom. The highest BCUT2D eigenvalue weighted by atomic mass is 16.4. The number of hydrogen-bond acceptors (Lipinski definition) is 2. The van der Waals surface area contributed by atoms with Gasteiger partial charge in [0.05, 0.1) is 11.5 Å². The van der Waals surface area contributed by atoms with Gasteiger partial charge >= 0.3 is 5.97 Å². The highest BCUT2D eigenvalue weighted by molar-refractivity contribution is 5.75. The molecule has 7 atom stereocenters. The number of rotatable bonds is 1. The topological polar surface area (TPSA) is 57.5 Å². The molecule has 0 radical (unpaired) electrons. The Balaban J connectivity index is 1.79. The summed E-state index contributed by atoms with van der Waals surface area (Å²) in [5, 5.41) is 20.9. The van der Waals surface area contributed by atoms with Crippen LogP contribution in [0.2, 0.25) is 0 Å². The Kier molecular flexibility index (Phi) is 3.15. The Morgan fingerprint density at radius 1 is 1.13 bits per heavy atom. The predicted octanol–water partition coefficient (Wildman–Crippen LogP) is 4.01. The van der Waals surface area contributed by atoms with Crippen molar-refractivity contribution in [2.75, 3.05) is 0 Å². The van der Waals surface area contributed by atoms with E-state index in [0.29, 0.717) is 30.1 Å². The Morgan fingerprint density at radius 2 is 1.87 bits per heavy atom. The van der Waals surface area contributed by atoms with Gasteiger partial charge in [-0.1, -0.05) is 19.1 Å². The van der Waals surface area contributed by atoms with Gasteiger partial charge in [-0.2, -0.15) is 0 Å². The quantitative estimate of drug-likeness (QED) is 0.718. The summed E-state index contributed by atoms with van der Waals surface area (Å²) in [6, 6.07) is 0. The lowest BCUT2D eigenvalue weighted by molar-refractivity contribution is -0.211. The molecular formula is C20H30O3. The van der Waals surface area contributed by atoms with Crippen molar-refractivity contribution < 1.29 is 15.0 Å². The number of aliphatic carboxylic acids is 1. The molecule has 0 heterocycles. The van der Waals surface area contributed by atoms with E-state index in [1.807, 2.05) is 6.92 Å². The van der Waals surface area contributed by atoms with Crippen molar-refractivity contribution in [2.45, 2.75) is 71.3 Å². The monoisotopic (exact) mass is 318 g/mol. The third-order valence-electron chi connectivity index (χ3n) is 8.70. The number of aliphatic hydroxyl groups is 1. The van der Waals surface area contributed by atoms with Gasteiger partial charge in [-0.3, -0.25) is 4.79 Å². The van der Waals surface area contributed by atoms with Crippen LogP contribution in [0.3, 0.4) is 0 Å². The fourth-order valence-corrected chi connectivity index (χ4v) is 7.52. The third kappa shape index (κ3) is 1.78. The van der Waals surface area contributed by atoms with Crippen LogP contribution >= 0.6 is 0 Å². The average Bonchev–Trinajstić information content (AvgIpc) is 2.73. The summed E-state index contributed by atoms with van der Waals surface area (Å²) in [6.45, 7) is 8.48. The van der Waals surface area contributed by atoms with Gasteiger partial charge in [0.2, 0.25) is 0 Å². The van der Waals surface area contributed by atoms with E-state index >= 15 is 0 Å². The van der Waals surface area contributed by atoms with E-state index in [4.69, 9.17) is 0 Å². The molecule has 0 amide bonds. The Hall–Kier alpha value is -0.830. The van der Waals surface area contributed by atoms with Crippen molar-refractivity contribution in [2.24, 2.45) is 34.0 Å². The molecule has 4 aliphatic rings. The Labute approximate surface area is 139 Å². The van der Waals surface area contributed by atoms with Crippen LogP contribution in [0, 0.1) is 34.0 Å². The van der Waals surface area contributed by atoms with Crippen molar-refractivity contribution in [3.05, 3.63) is 12.2 Å². The lowest BCUT2D eigenvalue weighted by atomic mass is 9.40. The van der Waals surface area contributed by atoms with Gasteiger partial charge in [0.25, 0.3) is 0 Å². The van der Waals surface area contributed by atoms with Crippen LogP contribution in [0.25, 0.3) is 0 Å². The molecule has 2 N–H and O–H groups in total. The van der Waals surface area contributed by atoms with Crippen LogP contribution < -0.4 is 0 Å². The predicted molar refractivity (Wildman–Crippen MR) is 88.8 cm³/mol. The molecule has 4 fully saturated rings. The SMILES string of the molecule is C=C1CC23CCC4C(C)(C(=O)O)CCC(O)C4(C)C2CCC1C3. The zero-order valence-electron chi connectivity index (χ0n) is 14.5. The number of carboxylic acids is 1. The maximum Gasteiger partial charge on any atom is 0.309 e. The van der Waals surface area contributed by atoms with Gasteiger partial charge < -0.3 is 10.2 Å². The molecule has 1 spiro atoms. The minimum Gasteiger partial charge on any atom is -0.481 e. The number of carboxylic acid groups (broad SMARTS) is 1. The van der Waals surface area contributed by atoms with Gasteiger partial charge in [0.15, 0.2) is 0 Å². The van der Waals surface area contributed by atoms with Crippen LogP contribution in [-0.2, 0) is 4.79 Å². The first kappa shape index (κ1) is 15.7. The lowest BCUT2D eigenvalue weighted by Gasteiger charge is -2.64. The first-order chi connectivity index (χ1) is 10.7. The summed E-state index contributed by atoms with van der Waals surface area (Å²) in [7, 11) is 0. The van der Waals surface area contributed by atoms with Crippen molar-refractivity contribution in [1.82, 2.24) is 0 Å². The number of carbonyl (C=O) groups is 1. The summed E-state index contributed by atoms with van der Waals surface area (Å²) in [6.07, 6.45) is 7.64. The second-order valence-electron chi connectivity index (χ2n) is 9.46. The third-order valence-corrected chi connectivity index (χ3v) is 8.70. The smallest absolute Gasteiger partial charge is 0.309 e. The Bertz CT molecular complexity index is 569. The molecule has 3 heteroatoms. The first-order valence-corrected chi connectivity index (χ1v) is 9.33. The van der Waals surface area contributed by atoms with Gasteiger partial charge in [0, 0.05) is 5.41 Å². The fourth-order valence-electron chi connectivity index (χ4n) is 7.52. The highest BCUT2D eigenvalue weighted by Crippen LogP contribution is 2.72. The highest BCUT2D eigenvalue weighted by Gasteiger charge is 2.67. The number of fused-ring (bicyclic) bond motifs is 3. The number of allylic oxidation sites excluding steroid dienone is 1. The van der Waals surface area contributed by atoms with Gasteiger partial charge in [-0.05, 0) is 81.5 Å². The molecular weight excluding hydrogens is 288 g/mol. The molecule has 0 aromatic heterocycles. The van der Waals surface area contributed by atoms with Gasteiger partial charge in [0.1, 0.15) is 0 Å². The van der Waals surface area contributed by atoms with E-state index in [1.54, 1.807) is 0 Å². The van der Waals surface area contributed by atoms with E-state index < -0.39 is 11.4 Å². The molecule has 0 aromatic carbocycles. The molecule has 0 saturated heterocycles. The second kappa shape index (κ2) is 4.62.